The monoisotopic (exact) mass is 390 g/mol. The van der Waals surface area contributed by atoms with Gasteiger partial charge >= 0.3 is 6.18 Å². The fourth-order valence-electron chi connectivity index (χ4n) is 2.81. The van der Waals surface area contributed by atoms with Crippen LogP contribution in [-0.4, -0.2) is 55.2 Å². The van der Waals surface area contributed by atoms with Crippen molar-refractivity contribution in [1.82, 2.24) is 10.2 Å². The molecule has 0 radical (unpaired) electrons. The highest BCUT2D eigenvalue weighted by Crippen LogP contribution is 2.31. The molecular formula is C18H25F3N2O2S. The van der Waals surface area contributed by atoms with Gasteiger partial charge in [0.15, 0.2) is 0 Å². The number of hydrogen-bond acceptors (Lipinski definition) is 4. The number of halogens is 3. The number of carbonyl (C=O) groups excluding carboxylic acids is 1. The van der Waals surface area contributed by atoms with Gasteiger partial charge in [-0.1, -0.05) is 19.1 Å². The molecular weight excluding hydrogens is 365 g/mol. The Morgan fingerprint density at radius 2 is 1.92 bits per heavy atom. The number of amides is 1. The topological polar surface area (TPSA) is 41.6 Å². The molecule has 4 nitrogen and oxygen atoms in total. The summed E-state index contributed by atoms with van der Waals surface area (Å²) < 4.78 is 43.7. The summed E-state index contributed by atoms with van der Waals surface area (Å²) in [4.78, 5) is 14.1. The van der Waals surface area contributed by atoms with E-state index in [1.165, 1.54) is 12.1 Å². The van der Waals surface area contributed by atoms with Gasteiger partial charge in [-0.15, -0.1) is 0 Å². The van der Waals surface area contributed by atoms with Crippen LogP contribution < -0.4 is 5.32 Å². The van der Waals surface area contributed by atoms with Gasteiger partial charge in [0, 0.05) is 19.6 Å². The van der Waals surface area contributed by atoms with Crippen molar-refractivity contribution in [1.29, 1.82) is 0 Å². The summed E-state index contributed by atoms with van der Waals surface area (Å²) >= 11 is 1.58. The fourth-order valence-corrected chi connectivity index (χ4v) is 3.53. The molecule has 1 aliphatic heterocycles. The smallest absolute Gasteiger partial charge is 0.379 e. The van der Waals surface area contributed by atoms with Crippen LogP contribution in [0.25, 0.3) is 0 Å². The van der Waals surface area contributed by atoms with E-state index >= 15 is 0 Å². The lowest BCUT2D eigenvalue weighted by atomic mass is 10.0. The van der Waals surface area contributed by atoms with Gasteiger partial charge in [0.25, 0.3) is 0 Å². The first kappa shape index (κ1) is 21.1. The van der Waals surface area contributed by atoms with Gasteiger partial charge < -0.3 is 10.1 Å². The number of rotatable bonds is 8. The van der Waals surface area contributed by atoms with E-state index < -0.39 is 11.7 Å². The van der Waals surface area contributed by atoms with Crippen molar-refractivity contribution in [2.24, 2.45) is 0 Å². The Balaban J connectivity index is 2.04. The van der Waals surface area contributed by atoms with Gasteiger partial charge in [-0.2, -0.15) is 24.9 Å². The van der Waals surface area contributed by atoms with Gasteiger partial charge in [0.1, 0.15) is 0 Å². The lowest BCUT2D eigenvalue weighted by Gasteiger charge is -2.35. The summed E-state index contributed by atoms with van der Waals surface area (Å²) in [5.41, 5.74) is 0.100. The van der Waals surface area contributed by atoms with Crippen LogP contribution in [0.5, 0.6) is 0 Å². The molecule has 26 heavy (non-hydrogen) atoms. The number of thioether (sulfide) groups is 1. The van der Waals surface area contributed by atoms with Crippen LogP contribution in [-0.2, 0) is 15.7 Å². The fraction of sp³-hybridized carbons (Fsp3) is 0.611. The van der Waals surface area contributed by atoms with Gasteiger partial charge in [-0.05, 0) is 29.9 Å². The van der Waals surface area contributed by atoms with E-state index in [0.717, 1.165) is 29.9 Å². The van der Waals surface area contributed by atoms with Crippen LogP contribution in [0, 0.1) is 0 Å². The van der Waals surface area contributed by atoms with Crippen molar-refractivity contribution in [3.05, 3.63) is 35.4 Å². The first-order chi connectivity index (χ1) is 12.4. The second kappa shape index (κ2) is 10.2. The van der Waals surface area contributed by atoms with Gasteiger partial charge in [0.05, 0.1) is 30.6 Å². The first-order valence-corrected chi connectivity index (χ1v) is 9.90. The molecule has 1 amide bonds. The highest BCUT2D eigenvalue weighted by atomic mass is 32.2. The molecule has 0 spiro atoms. The zero-order chi connectivity index (χ0) is 19.0. The van der Waals surface area contributed by atoms with Crippen LogP contribution in [0.3, 0.4) is 0 Å². The third-order valence-corrected chi connectivity index (χ3v) is 5.35. The normalized spacial score (nSPS) is 17.1. The Kier molecular flexibility index (Phi) is 8.24. The number of ether oxygens (including phenoxy) is 1. The highest BCUT2D eigenvalue weighted by Gasteiger charge is 2.31. The molecule has 0 aromatic heterocycles. The minimum Gasteiger partial charge on any atom is -0.379 e. The standard InChI is InChI=1S/C18H25F3N2O2S/c1-2-11-26-13-17(24)22-12-16(23-7-9-25-10-8-23)14-3-5-15(6-4-14)18(19,20)21/h3-6,16H,2,7-13H2,1H3,(H,22,24). The number of benzene rings is 1. The third-order valence-electron chi connectivity index (χ3n) is 4.18. The molecule has 0 bridgehead atoms. The van der Waals surface area contributed by atoms with E-state index in [1.54, 1.807) is 11.8 Å². The minimum absolute atomic E-state index is 0.0476. The number of nitrogens with zero attached hydrogens (tertiary/aromatic N) is 1. The predicted octanol–water partition coefficient (Wildman–Crippen LogP) is 3.34. The molecule has 1 aromatic carbocycles. The molecule has 0 saturated carbocycles. The Hall–Kier alpha value is -1.25. The molecule has 1 aliphatic rings. The predicted molar refractivity (Wildman–Crippen MR) is 97.2 cm³/mol. The molecule has 1 aromatic rings. The van der Waals surface area contributed by atoms with Crippen LogP contribution in [0.1, 0.15) is 30.5 Å². The maximum atomic E-state index is 12.8. The number of morpholine rings is 1. The molecule has 1 unspecified atom stereocenters. The van der Waals surface area contributed by atoms with Crippen LogP contribution in [0.15, 0.2) is 24.3 Å². The second-order valence-corrected chi connectivity index (χ2v) is 7.25. The van der Waals surface area contributed by atoms with Gasteiger partial charge in [0.2, 0.25) is 5.91 Å². The van der Waals surface area contributed by atoms with Crippen LogP contribution in [0.4, 0.5) is 13.2 Å². The van der Waals surface area contributed by atoms with Gasteiger partial charge in [-0.3, -0.25) is 9.69 Å². The second-order valence-electron chi connectivity index (χ2n) is 6.14. The molecule has 146 valence electrons. The van der Waals surface area contributed by atoms with Crippen molar-refractivity contribution >= 4 is 17.7 Å². The summed E-state index contributed by atoms with van der Waals surface area (Å²) in [5, 5.41) is 2.92. The summed E-state index contributed by atoms with van der Waals surface area (Å²) in [5.74, 6) is 1.28. The van der Waals surface area contributed by atoms with Crippen molar-refractivity contribution in [3.8, 4) is 0 Å². The lowest BCUT2D eigenvalue weighted by Crippen LogP contribution is -2.44. The zero-order valence-electron chi connectivity index (χ0n) is 14.8. The average molecular weight is 390 g/mol. The summed E-state index contributed by atoms with van der Waals surface area (Å²) in [6.45, 7) is 4.97. The molecule has 1 saturated heterocycles. The quantitative estimate of drug-likeness (QED) is 0.692. The van der Waals surface area contributed by atoms with E-state index in [-0.39, 0.29) is 11.9 Å². The van der Waals surface area contributed by atoms with Crippen LogP contribution >= 0.6 is 11.8 Å². The summed E-state index contributed by atoms with van der Waals surface area (Å²) in [6, 6.07) is 5.03. The van der Waals surface area contributed by atoms with Crippen molar-refractivity contribution in [2.45, 2.75) is 25.6 Å². The van der Waals surface area contributed by atoms with Crippen molar-refractivity contribution in [3.63, 3.8) is 0 Å². The average Bonchev–Trinajstić information content (AvgIpc) is 2.63. The summed E-state index contributed by atoms with van der Waals surface area (Å²) in [6.07, 6.45) is -3.34. The third kappa shape index (κ3) is 6.48. The maximum absolute atomic E-state index is 12.8. The van der Waals surface area contributed by atoms with Crippen molar-refractivity contribution < 1.29 is 22.7 Å². The number of alkyl halides is 3. The Morgan fingerprint density at radius 1 is 1.27 bits per heavy atom. The lowest BCUT2D eigenvalue weighted by molar-refractivity contribution is -0.137. The maximum Gasteiger partial charge on any atom is 0.416 e. The van der Waals surface area contributed by atoms with E-state index in [4.69, 9.17) is 4.74 Å². The molecule has 2 rings (SSSR count). The zero-order valence-corrected chi connectivity index (χ0v) is 15.7. The molecule has 0 aliphatic carbocycles. The Morgan fingerprint density at radius 3 is 2.50 bits per heavy atom. The number of carbonyl (C=O) groups is 1. The van der Waals surface area contributed by atoms with Gasteiger partial charge in [-0.25, -0.2) is 0 Å². The number of hydrogen-bond donors (Lipinski definition) is 1. The Labute approximate surface area is 156 Å². The molecule has 8 heteroatoms. The largest absolute Gasteiger partial charge is 0.416 e. The van der Waals surface area contributed by atoms with Crippen LogP contribution in [0.2, 0.25) is 0 Å². The minimum atomic E-state index is -4.35. The SMILES string of the molecule is CCCSCC(=O)NCC(c1ccc(C(F)(F)F)cc1)N1CCOCC1. The van der Waals surface area contributed by atoms with E-state index in [2.05, 4.69) is 17.1 Å². The Bertz CT molecular complexity index is 561. The van der Waals surface area contributed by atoms with Crippen molar-refractivity contribution in [2.75, 3.05) is 44.4 Å². The molecule has 1 fully saturated rings. The highest BCUT2D eigenvalue weighted by molar-refractivity contribution is 7.99. The summed E-state index contributed by atoms with van der Waals surface area (Å²) in [7, 11) is 0. The van der Waals surface area contributed by atoms with E-state index in [1.807, 2.05) is 0 Å². The number of nitrogens with one attached hydrogen (secondary N) is 1. The molecule has 1 N–H and O–H groups in total. The first-order valence-electron chi connectivity index (χ1n) is 8.75. The van der Waals surface area contributed by atoms with E-state index in [9.17, 15) is 18.0 Å². The van der Waals surface area contributed by atoms with E-state index in [0.29, 0.717) is 38.6 Å². The molecule has 1 heterocycles. The molecule has 1 atom stereocenters.